The number of aliphatic hydroxyl groups is 1. The van der Waals surface area contributed by atoms with Crippen molar-refractivity contribution in [1.29, 1.82) is 0 Å². The van der Waals surface area contributed by atoms with Crippen molar-refractivity contribution in [2.75, 3.05) is 13.1 Å². The lowest BCUT2D eigenvalue weighted by atomic mass is 10.0. The number of hydrogen-bond acceptors (Lipinski definition) is 2. The first kappa shape index (κ1) is 8.26. The van der Waals surface area contributed by atoms with Crippen molar-refractivity contribution in [3.05, 3.63) is 0 Å². The highest BCUT2D eigenvalue weighted by Gasteiger charge is 2.39. The molecular formula is C8H14INO. The third-order valence-electron chi connectivity index (χ3n) is 2.84. The van der Waals surface area contributed by atoms with Gasteiger partial charge in [0.25, 0.3) is 0 Å². The number of halogens is 1. The van der Waals surface area contributed by atoms with E-state index in [2.05, 4.69) is 27.5 Å². The maximum Gasteiger partial charge on any atom is 0.0825 e. The van der Waals surface area contributed by atoms with Crippen molar-refractivity contribution in [3.8, 4) is 0 Å². The summed E-state index contributed by atoms with van der Waals surface area (Å²) in [5, 5.41) is 9.74. The van der Waals surface area contributed by atoms with Gasteiger partial charge in [-0.2, -0.15) is 0 Å². The largest absolute Gasteiger partial charge is 0.390 e. The first-order valence-electron chi connectivity index (χ1n) is 4.35. The molecular weight excluding hydrogens is 253 g/mol. The van der Waals surface area contributed by atoms with Crippen LogP contribution in [0.25, 0.3) is 0 Å². The molecule has 0 aromatic carbocycles. The van der Waals surface area contributed by atoms with Crippen molar-refractivity contribution in [2.24, 2.45) is 0 Å². The minimum atomic E-state index is -0.0594. The molecule has 0 bridgehead atoms. The number of nitrogens with zero attached hydrogens (tertiary/aromatic N) is 1. The number of rotatable bonds is 0. The van der Waals surface area contributed by atoms with Crippen molar-refractivity contribution < 1.29 is 5.11 Å². The average Bonchev–Trinajstić information content (AvgIpc) is 2.30. The van der Waals surface area contributed by atoms with Gasteiger partial charge in [0.15, 0.2) is 0 Å². The van der Waals surface area contributed by atoms with Crippen molar-refractivity contribution in [2.45, 2.75) is 35.3 Å². The van der Waals surface area contributed by atoms with Gasteiger partial charge >= 0.3 is 0 Å². The third-order valence-corrected chi connectivity index (χ3v) is 3.97. The van der Waals surface area contributed by atoms with E-state index in [0.29, 0.717) is 9.97 Å². The van der Waals surface area contributed by atoms with Crippen molar-refractivity contribution >= 4 is 22.6 Å². The summed E-state index contributed by atoms with van der Waals surface area (Å²) in [5.74, 6) is 0. The molecule has 0 saturated carbocycles. The van der Waals surface area contributed by atoms with E-state index in [1.807, 2.05) is 0 Å². The summed E-state index contributed by atoms with van der Waals surface area (Å²) in [6.07, 6.45) is 3.78. The van der Waals surface area contributed by atoms with Crippen molar-refractivity contribution in [1.82, 2.24) is 4.90 Å². The Kier molecular flexibility index (Phi) is 2.39. The molecule has 2 fully saturated rings. The van der Waals surface area contributed by atoms with E-state index in [1.165, 1.54) is 25.8 Å². The lowest BCUT2D eigenvalue weighted by molar-refractivity contribution is 0.0937. The highest BCUT2D eigenvalue weighted by atomic mass is 127. The van der Waals surface area contributed by atoms with Gasteiger partial charge in [-0.15, -0.1) is 0 Å². The second-order valence-corrected chi connectivity index (χ2v) is 5.16. The fourth-order valence-electron chi connectivity index (χ4n) is 2.20. The van der Waals surface area contributed by atoms with Gasteiger partial charge in [-0.05, 0) is 19.4 Å². The second kappa shape index (κ2) is 3.18. The van der Waals surface area contributed by atoms with Gasteiger partial charge in [-0.25, -0.2) is 0 Å². The zero-order chi connectivity index (χ0) is 7.84. The van der Waals surface area contributed by atoms with Crippen LogP contribution >= 0.6 is 22.6 Å². The fourth-order valence-corrected chi connectivity index (χ4v) is 3.19. The third kappa shape index (κ3) is 1.42. The monoisotopic (exact) mass is 267 g/mol. The quantitative estimate of drug-likeness (QED) is 0.523. The Hall–Kier alpha value is 0.650. The van der Waals surface area contributed by atoms with E-state index in [9.17, 15) is 5.11 Å². The van der Waals surface area contributed by atoms with E-state index in [1.54, 1.807) is 0 Å². The summed E-state index contributed by atoms with van der Waals surface area (Å²) in [7, 11) is 0. The molecule has 64 valence electrons. The molecule has 11 heavy (non-hydrogen) atoms. The molecule has 0 unspecified atom stereocenters. The predicted octanol–water partition coefficient (Wildman–Crippen LogP) is 1.02. The molecule has 0 aromatic heterocycles. The summed E-state index contributed by atoms with van der Waals surface area (Å²) >= 11 is 2.37. The lowest BCUT2D eigenvalue weighted by Crippen LogP contribution is -2.39. The normalized spacial score (nSPS) is 45.8. The van der Waals surface area contributed by atoms with Gasteiger partial charge in [-0.1, -0.05) is 29.0 Å². The number of hydrogen-bond donors (Lipinski definition) is 1. The van der Waals surface area contributed by atoms with Crippen LogP contribution in [0.15, 0.2) is 0 Å². The van der Waals surface area contributed by atoms with E-state index in [0.717, 1.165) is 6.54 Å². The first-order valence-corrected chi connectivity index (χ1v) is 5.60. The number of aliphatic hydroxyl groups excluding tert-OH is 1. The zero-order valence-corrected chi connectivity index (χ0v) is 8.70. The summed E-state index contributed by atoms with van der Waals surface area (Å²) in [6.45, 7) is 2.31. The Morgan fingerprint density at radius 2 is 2.18 bits per heavy atom. The van der Waals surface area contributed by atoms with Crippen molar-refractivity contribution in [3.63, 3.8) is 0 Å². The molecule has 3 heteroatoms. The maximum absolute atomic E-state index is 9.74. The number of alkyl halides is 1. The fraction of sp³-hybridized carbons (Fsp3) is 1.00. The smallest absolute Gasteiger partial charge is 0.0825 e. The minimum absolute atomic E-state index is 0.0594. The van der Waals surface area contributed by atoms with Crippen LogP contribution in [0.5, 0.6) is 0 Å². The van der Waals surface area contributed by atoms with Crippen LogP contribution in [0.1, 0.15) is 19.3 Å². The van der Waals surface area contributed by atoms with Gasteiger partial charge in [0, 0.05) is 12.6 Å². The molecule has 1 N–H and O–H groups in total. The van der Waals surface area contributed by atoms with E-state index >= 15 is 0 Å². The predicted molar refractivity (Wildman–Crippen MR) is 53.0 cm³/mol. The standard InChI is InChI=1S/C8H14INO/c9-6-5-10-4-2-1-3-7(10)8(6)11/h6-8,11H,1-5H2/t6-,7+,8+/m0/s1. The lowest BCUT2D eigenvalue weighted by Gasteiger charge is -2.30. The number of piperidine rings is 1. The SMILES string of the molecule is O[C@H]1[C@H]2CCCCN2C[C@@H]1I. The highest BCUT2D eigenvalue weighted by molar-refractivity contribution is 14.1. The molecule has 2 saturated heterocycles. The van der Waals surface area contributed by atoms with E-state index in [-0.39, 0.29) is 6.10 Å². The molecule has 0 aliphatic carbocycles. The van der Waals surface area contributed by atoms with Crippen LogP contribution in [0.2, 0.25) is 0 Å². The summed E-state index contributed by atoms with van der Waals surface area (Å²) in [6, 6.07) is 0.491. The van der Waals surface area contributed by atoms with Gasteiger partial charge in [0.1, 0.15) is 0 Å². The van der Waals surface area contributed by atoms with Crippen LogP contribution < -0.4 is 0 Å². The van der Waals surface area contributed by atoms with Gasteiger partial charge in [0.05, 0.1) is 10.0 Å². The molecule has 0 spiro atoms. The maximum atomic E-state index is 9.74. The molecule has 2 heterocycles. The zero-order valence-electron chi connectivity index (χ0n) is 6.54. The van der Waals surface area contributed by atoms with Crippen LogP contribution in [-0.2, 0) is 0 Å². The van der Waals surface area contributed by atoms with Gasteiger partial charge in [-0.3, -0.25) is 4.90 Å². The second-order valence-electron chi connectivity index (χ2n) is 3.56. The van der Waals surface area contributed by atoms with E-state index in [4.69, 9.17) is 0 Å². The average molecular weight is 267 g/mol. The van der Waals surface area contributed by atoms with Gasteiger partial charge in [0.2, 0.25) is 0 Å². The van der Waals surface area contributed by atoms with Crippen LogP contribution in [0, 0.1) is 0 Å². The molecule has 0 radical (unpaired) electrons. The van der Waals surface area contributed by atoms with Crippen LogP contribution in [-0.4, -0.2) is 39.2 Å². The Balaban J connectivity index is 2.05. The Bertz CT molecular complexity index is 153. The topological polar surface area (TPSA) is 23.5 Å². The number of fused-ring (bicyclic) bond motifs is 1. The molecule has 2 nitrogen and oxygen atoms in total. The first-order chi connectivity index (χ1) is 5.29. The highest BCUT2D eigenvalue weighted by Crippen LogP contribution is 2.30. The Morgan fingerprint density at radius 3 is 2.91 bits per heavy atom. The minimum Gasteiger partial charge on any atom is -0.390 e. The van der Waals surface area contributed by atoms with E-state index < -0.39 is 0 Å². The summed E-state index contributed by atoms with van der Waals surface area (Å²) in [5.41, 5.74) is 0. The Morgan fingerprint density at radius 1 is 1.36 bits per heavy atom. The molecule has 0 aromatic rings. The van der Waals surface area contributed by atoms with Crippen LogP contribution in [0.4, 0.5) is 0 Å². The summed E-state index contributed by atoms with van der Waals surface area (Å²) < 4.78 is 0.468. The van der Waals surface area contributed by atoms with Gasteiger partial charge < -0.3 is 5.11 Å². The molecule has 3 atom stereocenters. The summed E-state index contributed by atoms with van der Waals surface area (Å²) in [4.78, 5) is 2.45. The molecule has 0 amide bonds. The Labute approximate surface area is 81.1 Å². The molecule has 2 aliphatic heterocycles. The molecule has 2 aliphatic rings. The van der Waals surface area contributed by atoms with Crippen LogP contribution in [0.3, 0.4) is 0 Å². The molecule has 2 rings (SSSR count).